The number of piperidine rings is 1. The van der Waals surface area contributed by atoms with Gasteiger partial charge < -0.3 is 0 Å². The van der Waals surface area contributed by atoms with Crippen molar-refractivity contribution in [2.75, 3.05) is 18.4 Å². The summed E-state index contributed by atoms with van der Waals surface area (Å²) in [6.45, 7) is 0.618. The summed E-state index contributed by atoms with van der Waals surface area (Å²) >= 11 is 1.18. The van der Waals surface area contributed by atoms with Gasteiger partial charge in [-0.3, -0.25) is 10.1 Å². The number of carbonyl (C=O) groups is 1. The number of thiophene rings is 1. The summed E-state index contributed by atoms with van der Waals surface area (Å²) < 4.78 is 26.7. The first-order valence-electron chi connectivity index (χ1n) is 6.77. The molecule has 22 heavy (non-hydrogen) atoms. The van der Waals surface area contributed by atoms with E-state index >= 15 is 0 Å². The van der Waals surface area contributed by atoms with Gasteiger partial charge in [0, 0.05) is 13.1 Å². The van der Waals surface area contributed by atoms with E-state index in [0.717, 1.165) is 0 Å². The summed E-state index contributed by atoms with van der Waals surface area (Å²) in [5.74, 6) is -0.375. The molecule has 0 saturated carbocycles. The Morgan fingerprint density at radius 3 is 3.05 bits per heavy atom. The van der Waals surface area contributed by atoms with Gasteiger partial charge in [0.05, 0.1) is 5.92 Å². The van der Waals surface area contributed by atoms with Gasteiger partial charge in [-0.1, -0.05) is 6.07 Å². The van der Waals surface area contributed by atoms with Crippen LogP contribution < -0.4 is 5.32 Å². The molecule has 1 aliphatic rings. The van der Waals surface area contributed by atoms with Crippen LogP contribution in [0.1, 0.15) is 12.8 Å². The molecule has 2 aromatic rings. The summed E-state index contributed by atoms with van der Waals surface area (Å²) in [5.41, 5.74) is 0. The number of hydrogen-bond donors (Lipinski definition) is 2. The second kappa shape index (κ2) is 6.15. The van der Waals surface area contributed by atoms with E-state index in [-0.39, 0.29) is 18.4 Å². The second-order valence-electron chi connectivity index (χ2n) is 4.96. The van der Waals surface area contributed by atoms with E-state index in [0.29, 0.717) is 23.6 Å². The first kappa shape index (κ1) is 15.1. The van der Waals surface area contributed by atoms with Crippen LogP contribution in [0.25, 0.3) is 0 Å². The summed E-state index contributed by atoms with van der Waals surface area (Å²) in [4.78, 5) is 16.0. The predicted molar refractivity (Wildman–Crippen MR) is 80.8 cm³/mol. The smallest absolute Gasteiger partial charge is 0.252 e. The van der Waals surface area contributed by atoms with Gasteiger partial charge in [-0.05, 0) is 24.3 Å². The lowest BCUT2D eigenvalue weighted by molar-refractivity contribution is -0.120. The number of H-pyrrole nitrogens is 1. The molecule has 0 aliphatic carbocycles. The van der Waals surface area contributed by atoms with E-state index in [1.165, 1.54) is 22.0 Å². The van der Waals surface area contributed by atoms with Gasteiger partial charge in [-0.25, -0.2) is 13.5 Å². The molecular formula is C12H15N5O3S2. The normalized spacial score (nSPS) is 19.9. The Hall–Kier alpha value is -1.78. The van der Waals surface area contributed by atoms with Crippen molar-refractivity contribution in [3.05, 3.63) is 23.8 Å². The van der Waals surface area contributed by atoms with E-state index < -0.39 is 15.9 Å². The zero-order valence-electron chi connectivity index (χ0n) is 11.6. The standard InChI is InChI=1S/C12H15N5O3S2/c18-11(15-12-13-8-14-16-12)9-3-1-5-17(7-9)22(19,20)10-4-2-6-21-10/h2,4,6,8-9H,1,3,5,7H2,(H2,13,14,15,16,18)/t9-/m1/s1. The maximum absolute atomic E-state index is 12.5. The van der Waals surface area contributed by atoms with Gasteiger partial charge in [0.25, 0.3) is 10.0 Å². The second-order valence-corrected chi connectivity index (χ2v) is 8.07. The monoisotopic (exact) mass is 341 g/mol. The molecule has 1 atom stereocenters. The van der Waals surface area contributed by atoms with Gasteiger partial charge >= 0.3 is 0 Å². The van der Waals surface area contributed by atoms with Crippen LogP contribution in [-0.4, -0.2) is 46.9 Å². The number of carbonyl (C=O) groups excluding carboxylic acids is 1. The van der Waals surface area contributed by atoms with Crippen molar-refractivity contribution in [3.8, 4) is 0 Å². The molecule has 2 aromatic heterocycles. The molecule has 3 rings (SSSR count). The first-order valence-corrected chi connectivity index (χ1v) is 9.09. The summed E-state index contributed by atoms with van der Waals surface area (Å²) in [5, 5.41) is 10.5. The molecule has 0 bridgehead atoms. The highest BCUT2D eigenvalue weighted by Crippen LogP contribution is 2.26. The third-order valence-corrected chi connectivity index (χ3v) is 6.74. The van der Waals surface area contributed by atoms with Crippen LogP contribution in [0.15, 0.2) is 28.0 Å². The molecule has 0 radical (unpaired) electrons. The Bertz CT molecular complexity index is 727. The molecule has 1 aliphatic heterocycles. The van der Waals surface area contributed by atoms with E-state index in [1.54, 1.807) is 17.5 Å². The number of aromatic nitrogens is 3. The fraction of sp³-hybridized carbons (Fsp3) is 0.417. The average Bonchev–Trinajstić information content (AvgIpc) is 3.21. The molecule has 0 spiro atoms. The van der Waals surface area contributed by atoms with Gasteiger partial charge in [0.15, 0.2) is 0 Å². The van der Waals surface area contributed by atoms with E-state index in [4.69, 9.17) is 0 Å². The Balaban J connectivity index is 1.70. The highest BCUT2D eigenvalue weighted by atomic mass is 32.2. The fourth-order valence-corrected chi connectivity index (χ4v) is 5.07. The number of hydrogen-bond acceptors (Lipinski definition) is 6. The minimum Gasteiger partial charge on any atom is -0.295 e. The van der Waals surface area contributed by atoms with Crippen LogP contribution in [0.4, 0.5) is 5.95 Å². The quantitative estimate of drug-likeness (QED) is 0.859. The molecule has 0 unspecified atom stereocenters. The number of sulfonamides is 1. The zero-order chi connectivity index (χ0) is 15.6. The predicted octanol–water partition coefficient (Wildman–Crippen LogP) is 0.906. The Morgan fingerprint density at radius 2 is 2.36 bits per heavy atom. The van der Waals surface area contributed by atoms with E-state index in [2.05, 4.69) is 20.5 Å². The lowest BCUT2D eigenvalue weighted by atomic mass is 9.99. The molecule has 10 heteroatoms. The van der Waals surface area contributed by atoms with Gasteiger partial charge in [0.2, 0.25) is 11.9 Å². The molecule has 1 saturated heterocycles. The Morgan fingerprint density at radius 1 is 1.50 bits per heavy atom. The lowest BCUT2D eigenvalue weighted by Gasteiger charge is -2.30. The van der Waals surface area contributed by atoms with Crippen LogP contribution in [0, 0.1) is 5.92 Å². The number of nitrogens with zero attached hydrogens (tertiary/aromatic N) is 3. The topological polar surface area (TPSA) is 108 Å². The molecule has 2 N–H and O–H groups in total. The maximum atomic E-state index is 12.5. The number of aromatic amines is 1. The van der Waals surface area contributed by atoms with Crippen LogP contribution in [-0.2, 0) is 14.8 Å². The summed E-state index contributed by atoms with van der Waals surface area (Å²) in [6, 6.07) is 3.29. The summed E-state index contributed by atoms with van der Waals surface area (Å²) in [7, 11) is -3.51. The minimum absolute atomic E-state index is 0.181. The van der Waals surface area contributed by atoms with Crippen molar-refractivity contribution < 1.29 is 13.2 Å². The maximum Gasteiger partial charge on any atom is 0.252 e. The third-order valence-electron chi connectivity index (χ3n) is 3.50. The lowest BCUT2D eigenvalue weighted by Crippen LogP contribution is -2.43. The van der Waals surface area contributed by atoms with E-state index in [1.807, 2.05) is 0 Å². The molecule has 3 heterocycles. The fourth-order valence-electron chi connectivity index (χ4n) is 2.40. The number of amides is 1. The van der Waals surface area contributed by atoms with Crippen LogP contribution in [0.2, 0.25) is 0 Å². The molecule has 1 amide bonds. The highest BCUT2D eigenvalue weighted by Gasteiger charge is 2.33. The Labute approximate surface area is 131 Å². The largest absolute Gasteiger partial charge is 0.295 e. The van der Waals surface area contributed by atoms with Crippen molar-refractivity contribution in [3.63, 3.8) is 0 Å². The Kier molecular flexibility index (Phi) is 4.23. The van der Waals surface area contributed by atoms with Gasteiger partial charge in [-0.15, -0.1) is 11.3 Å². The number of rotatable bonds is 4. The summed E-state index contributed by atoms with van der Waals surface area (Å²) in [6.07, 6.45) is 2.60. The van der Waals surface area contributed by atoms with Crippen molar-refractivity contribution in [2.45, 2.75) is 17.1 Å². The highest BCUT2D eigenvalue weighted by molar-refractivity contribution is 7.91. The van der Waals surface area contributed by atoms with E-state index in [9.17, 15) is 13.2 Å². The molecule has 8 nitrogen and oxygen atoms in total. The first-order chi connectivity index (χ1) is 10.6. The molecule has 1 fully saturated rings. The third kappa shape index (κ3) is 3.03. The van der Waals surface area contributed by atoms with Crippen LogP contribution in [0.3, 0.4) is 0 Å². The number of anilines is 1. The SMILES string of the molecule is O=C(Nc1ncn[nH]1)[C@@H]1CCCN(S(=O)(=O)c2cccs2)C1. The molecule has 0 aromatic carbocycles. The van der Waals surface area contributed by atoms with Gasteiger partial charge in [-0.2, -0.15) is 14.4 Å². The van der Waals surface area contributed by atoms with Crippen molar-refractivity contribution in [1.29, 1.82) is 0 Å². The molecular weight excluding hydrogens is 326 g/mol. The minimum atomic E-state index is -3.51. The molecule has 118 valence electrons. The van der Waals surface area contributed by atoms with Crippen LogP contribution in [0.5, 0.6) is 0 Å². The zero-order valence-corrected chi connectivity index (χ0v) is 13.2. The van der Waals surface area contributed by atoms with Crippen molar-refractivity contribution in [1.82, 2.24) is 19.5 Å². The van der Waals surface area contributed by atoms with Crippen LogP contribution >= 0.6 is 11.3 Å². The average molecular weight is 341 g/mol. The number of nitrogens with one attached hydrogen (secondary N) is 2. The van der Waals surface area contributed by atoms with Crippen molar-refractivity contribution >= 4 is 33.2 Å². The van der Waals surface area contributed by atoms with Crippen molar-refractivity contribution in [2.24, 2.45) is 5.92 Å². The van der Waals surface area contributed by atoms with Gasteiger partial charge in [0.1, 0.15) is 10.5 Å².